The van der Waals surface area contributed by atoms with Crippen LogP contribution < -0.4 is 11.1 Å². The molecule has 6 heteroatoms. The van der Waals surface area contributed by atoms with Crippen LogP contribution >= 0.6 is 0 Å². The van der Waals surface area contributed by atoms with Crippen LogP contribution in [0.1, 0.15) is 33.1 Å². The van der Waals surface area contributed by atoms with E-state index in [0.29, 0.717) is 25.9 Å². The first-order valence-corrected chi connectivity index (χ1v) is 5.95. The number of hydrogen-bond acceptors (Lipinski definition) is 3. The lowest BCUT2D eigenvalue weighted by atomic mass is 9.96. The minimum atomic E-state index is -1.20. The summed E-state index contributed by atoms with van der Waals surface area (Å²) in [6, 6.07) is -0.334. The number of carboxylic acids is 1. The van der Waals surface area contributed by atoms with Gasteiger partial charge in [-0.25, -0.2) is 9.59 Å². The topological polar surface area (TPSA) is 95.7 Å². The van der Waals surface area contributed by atoms with Crippen molar-refractivity contribution in [1.82, 2.24) is 10.2 Å². The van der Waals surface area contributed by atoms with Crippen LogP contribution in [0.25, 0.3) is 0 Å². The summed E-state index contributed by atoms with van der Waals surface area (Å²) in [5, 5.41) is 11.7. The number of aliphatic carboxylic acids is 1. The number of nitrogens with zero attached hydrogens (tertiary/aromatic N) is 1. The molecule has 0 saturated carbocycles. The smallest absolute Gasteiger partial charge is 0.329 e. The van der Waals surface area contributed by atoms with Crippen molar-refractivity contribution in [1.29, 1.82) is 0 Å². The number of likely N-dealkylation sites (tertiary alicyclic amines) is 1. The summed E-state index contributed by atoms with van der Waals surface area (Å²) in [7, 11) is 0. The zero-order valence-corrected chi connectivity index (χ0v) is 10.4. The van der Waals surface area contributed by atoms with Crippen LogP contribution in [0.3, 0.4) is 0 Å². The van der Waals surface area contributed by atoms with E-state index in [1.54, 1.807) is 4.90 Å². The van der Waals surface area contributed by atoms with Crippen molar-refractivity contribution in [2.24, 2.45) is 5.73 Å². The summed E-state index contributed by atoms with van der Waals surface area (Å²) in [4.78, 5) is 24.6. The SMILES string of the molecule is CCCC(C)(NC(=O)N1CCC(N)C1)C(=O)O. The van der Waals surface area contributed by atoms with Crippen LogP contribution in [-0.4, -0.2) is 46.7 Å². The fraction of sp³-hybridized carbons (Fsp3) is 0.818. The number of rotatable bonds is 4. The van der Waals surface area contributed by atoms with Gasteiger partial charge in [0.05, 0.1) is 0 Å². The van der Waals surface area contributed by atoms with E-state index in [0.717, 1.165) is 6.42 Å². The Labute approximate surface area is 101 Å². The van der Waals surface area contributed by atoms with Crippen LogP contribution in [0.15, 0.2) is 0 Å². The van der Waals surface area contributed by atoms with Crippen LogP contribution in [0.2, 0.25) is 0 Å². The average Bonchev–Trinajstić information content (AvgIpc) is 2.65. The third kappa shape index (κ3) is 3.33. The third-order valence-corrected chi connectivity index (χ3v) is 3.12. The monoisotopic (exact) mass is 243 g/mol. The molecule has 1 rings (SSSR count). The molecule has 0 aromatic heterocycles. The summed E-state index contributed by atoms with van der Waals surface area (Å²) in [5.74, 6) is -1.00. The van der Waals surface area contributed by atoms with Gasteiger partial charge in [0.15, 0.2) is 0 Å². The lowest BCUT2D eigenvalue weighted by Crippen LogP contribution is -2.55. The molecule has 1 saturated heterocycles. The van der Waals surface area contributed by atoms with E-state index < -0.39 is 11.5 Å². The number of hydrogen-bond donors (Lipinski definition) is 3. The molecule has 17 heavy (non-hydrogen) atoms. The number of nitrogens with two attached hydrogens (primary N) is 1. The second-order valence-electron chi connectivity index (χ2n) is 4.81. The van der Waals surface area contributed by atoms with Gasteiger partial charge in [-0.1, -0.05) is 13.3 Å². The molecular formula is C11H21N3O3. The Hall–Kier alpha value is -1.30. The van der Waals surface area contributed by atoms with E-state index in [1.165, 1.54) is 6.92 Å². The molecule has 98 valence electrons. The predicted molar refractivity (Wildman–Crippen MR) is 63.6 cm³/mol. The van der Waals surface area contributed by atoms with Gasteiger partial charge in [-0.05, 0) is 19.8 Å². The largest absolute Gasteiger partial charge is 0.480 e. The molecule has 0 radical (unpaired) electrons. The first kappa shape index (κ1) is 13.8. The maximum atomic E-state index is 11.9. The highest BCUT2D eigenvalue weighted by Crippen LogP contribution is 2.15. The van der Waals surface area contributed by atoms with Crippen molar-refractivity contribution in [2.75, 3.05) is 13.1 Å². The number of amides is 2. The Morgan fingerprint density at radius 3 is 2.65 bits per heavy atom. The molecule has 1 fully saturated rings. The van der Waals surface area contributed by atoms with Crippen molar-refractivity contribution in [3.63, 3.8) is 0 Å². The van der Waals surface area contributed by atoms with Crippen LogP contribution in [0, 0.1) is 0 Å². The molecule has 0 aliphatic carbocycles. The number of nitrogens with one attached hydrogen (secondary N) is 1. The normalized spacial score (nSPS) is 23.2. The highest BCUT2D eigenvalue weighted by molar-refractivity contribution is 5.86. The Kier molecular flexibility index (Phi) is 4.34. The maximum absolute atomic E-state index is 11.9. The highest BCUT2D eigenvalue weighted by Gasteiger charge is 2.36. The van der Waals surface area contributed by atoms with Gasteiger partial charge in [0.2, 0.25) is 0 Å². The maximum Gasteiger partial charge on any atom is 0.329 e. The lowest BCUT2D eigenvalue weighted by Gasteiger charge is -2.28. The molecule has 6 nitrogen and oxygen atoms in total. The van der Waals surface area contributed by atoms with Gasteiger partial charge in [-0.15, -0.1) is 0 Å². The standard InChI is InChI=1S/C11H21N3O3/c1-3-5-11(2,9(15)16)13-10(17)14-6-4-8(12)7-14/h8H,3-7,12H2,1-2H3,(H,13,17)(H,15,16). The minimum absolute atomic E-state index is 0.00279. The summed E-state index contributed by atoms with van der Waals surface area (Å²) < 4.78 is 0. The fourth-order valence-corrected chi connectivity index (χ4v) is 2.01. The highest BCUT2D eigenvalue weighted by atomic mass is 16.4. The first-order valence-electron chi connectivity index (χ1n) is 5.95. The van der Waals surface area contributed by atoms with Crippen molar-refractivity contribution >= 4 is 12.0 Å². The molecular weight excluding hydrogens is 222 g/mol. The van der Waals surface area contributed by atoms with Crippen molar-refractivity contribution in [3.8, 4) is 0 Å². The zero-order valence-electron chi connectivity index (χ0n) is 10.4. The second kappa shape index (κ2) is 5.35. The van der Waals surface area contributed by atoms with Gasteiger partial charge in [-0.2, -0.15) is 0 Å². The molecule has 2 atom stereocenters. The van der Waals surface area contributed by atoms with E-state index in [4.69, 9.17) is 10.8 Å². The molecule has 0 spiro atoms. The third-order valence-electron chi connectivity index (χ3n) is 3.12. The minimum Gasteiger partial charge on any atom is -0.480 e. The van der Waals surface area contributed by atoms with Crippen LogP contribution in [-0.2, 0) is 4.79 Å². The van der Waals surface area contributed by atoms with Crippen molar-refractivity contribution < 1.29 is 14.7 Å². The molecule has 2 unspecified atom stereocenters. The van der Waals surface area contributed by atoms with E-state index in [1.807, 2.05) is 6.92 Å². The molecule has 2 amide bonds. The lowest BCUT2D eigenvalue weighted by molar-refractivity contribution is -0.144. The van der Waals surface area contributed by atoms with E-state index in [2.05, 4.69) is 5.32 Å². The van der Waals surface area contributed by atoms with Gasteiger partial charge in [0, 0.05) is 19.1 Å². The summed E-state index contributed by atoms with van der Waals surface area (Å²) in [5.41, 5.74) is 4.51. The molecule has 4 N–H and O–H groups in total. The molecule has 1 aliphatic rings. The van der Waals surface area contributed by atoms with E-state index in [-0.39, 0.29) is 12.1 Å². The van der Waals surface area contributed by atoms with Gasteiger partial charge in [0.25, 0.3) is 0 Å². The quantitative estimate of drug-likeness (QED) is 0.664. The number of urea groups is 1. The summed E-state index contributed by atoms with van der Waals surface area (Å²) >= 11 is 0. The molecule has 0 bridgehead atoms. The Bertz CT molecular complexity index is 308. The van der Waals surface area contributed by atoms with Crippen molar-refractivity contribution in [2.45, 2.75) is 44.7 Å². The Morgan fingerprint density at radius 1 is 1.59 bits per heavy atom. The van der Waals surface area contributed by atoms with Gasteiger partial charge in [0.1, 0.15) is 5.54 Å². The Balaban J connectivity index is 2.61. The first-order chi connectivity index (χ1) is 7.89. The van der Waals surface area contributed by atoms with Gasteiger partial charge in [-0.3, -0.25) is 0 Å². The molecule has 1 heterocycles. The van der Waals surface area contributed by atoms with Crippen LogP contribution in [0.5, 0.6) is 0 Å². The number of carboxylic acid groups (broad SMARTS) is 1. The van der Waals surface area contributed by atoms with E-state index in [9.17, 15) is 9.59 Å². The zero-order chi connectivity index (χ0) is 13.1. The van der Waals surface area contributed by atoms with Crippen molar-refractivity contribution in [3.05, 3.63) is 0 Å². The predicted octanol–water partition coefficient (Wildman–Crippen LogP) is 0.372. The fourth-order valence-electron chi connectivity index (χ4n) is 2.01. The number of carbonyl (C=O) groups is 2. The van der Waals surface area contributed by atoms with Gasteiger partial charge >= 0.3 is 12.0 Å². The molecule has 0 aromatic rings. The Morgan fingerprint density at radius 2 is 2.24 bits per heavy atom. The van der Waals surface area contributed by atoms with E-state index >= 15 is 0 Å². The van der Waals surface area contributed by atoms with Crippen LogP contribution in [0.4, 0.5) is 4.79 Å². The summed E-state index contributed by atoms with van der Waals surface area (Å²) in [6.07, 6.45) is 1.88. The number of carbonyl (C=O) groups excluding carboxylic acids is 1. The summed E-state index contributed by atoms with van der Waals surface area (Å²) in [6.45, 7) is 4.51. The second-order valence-corrected chi connectivity index (χ2v) is 4.81. The van der Waals surface area contributed by atoms with Gasteiger partial charge < -0.3 is 21.1 Å². The average molecular weight is 243 g/mol. The molecule has 0 aromatic carbocycles. The molecule has 1 aliphatic heterocycles.